The van der Waals surface area contributed by atoms with Crippen molar-refractivity contribution in [2.24, 2.45) is 0 Å². The predicted octanol–water partition coefficient (Wildman–Crippen LogP) is 5.85. The molecular weight excluding hydrogens is 565 g/mol. The van der Waals surface area contributed by atoms with Gasteiger partial charge in [0.2, 0.25) is 11.8 Å². The van der Waals surface area contributed by atoms with Crippen molar-refractivity contribution in [2.45, 2.75) is 69.5 Å². The Bertz CT molecular complexity index is 1460. The number of nitrogens with one attached hydrogen (secondary N) is 1. The van der Waals surface area contributed by atoms with E-state index < -0.39 is 34.3 Å². The molecule has 1 aliphatic rings. The number of benzene rings is 3. The van der Waals surface area contributed by atoms with Crippen LogP contribution < -0.4 is 9.62 Å². The van der Waals surface area contributed by atoms with Crippen molar-refractivity contribution in [3.63, 3.8) is 0 Å². The van der Waals surface area contributed by atoms with E-state index in [1.807, 2.05) is 13.0 Å². The van der Waals surface area contributed by atoms with E-state index in [0.29, 0.717) is 16.3 Å². The molecule has 3 aromatic rings. The maximum Gasteiger partial charge on any atom is 0.264 e. The molecule has 1 atom stereocenters. The quantitative estimate of drug-likeness (QED) is 0.317. The standard InChI is InChI=1S/C31H35ClFN3O4S/c1-22-7-6-10-28(19-22)36(41(39,40)29-17-13-25(32)14-18-29)21-30(37)35(20-24-11-15-26(33)16-12-24)23(2)31(38)34-27-8-4-3-5-9-27/h6-7,10-19,23,27H,3-5,8-9,20-21H2,1-2H3,(H,34,38)/t23-/m0/s1. The second-order valence-corrected chi connectivity index (χ2v) is 12.8. The van der Waals surface area contributed by atoms with Crippen molar-refractivity contribution in [2.75, 3.05) is 10.8 Å². The number of sulfonamides is 1. The lowest BCUT2D eigenvalue weighted by Gasteiger charge is -2.33. The second kappa shape index (κ2) is 13.5. The highest BCUT2D eigenvalue weighted by Crippen LogP contribution is 2.26. The number of carbonyl (C=O) groups is 2. The summed E-state index contributed by atoms with van der Waals surface area (Å²) in [6.07, 6.45) is 4.96. The fraction of sp³-hybridized carbons (Fsp3) is 0.355. The zero-order valence-corrected chi connectivity index (χ0v) is 24.8. The van der Waals surface area contributed by atoms with Crippen LogP contribution in [-0.2, 0) is 26.2 Å². The van der Waals surface area contributed by atoms with Gasteiger partial charge in [0.15, 0.2) is 0 Å². The minimum Gasteiger partial charge on any atom is -0.352 e. The molecule has 41 heavy (non-hydrogen) atoms. The van der Waals surface area contributed by atoms with E-state index in [0.717, 1.165) is 42.0 Å². The Hall–Kier alpha value is -3.43. The molecule has 0 aliphatic heterocycles. The summed E-state index contributed by atoms with van der Waals surface area (Å²) >= 11 is 6.00. The van der Waals surface area contributed by atoms with Gasteiger partial charge in [-0.1, -0.05) is 55.1 Å². The summed E-state index contributed by atoms with van der Waals surface area (Å²) in [6.45, 7) is 2.92. The van der Waals surface area contributed by atoms with E-state index in [-0.39, 0.29) is 23.4 Å². The van der Waals surface area contributed by atoms with Crippen LogP contribution in [0.1, 0.15) is 50.2 Å². The van der Waals surface area contributed by atoms with Crippen LogP contribution in [0, 0.1) is 12.7 Å². The van der Waals surface area contributed by atoms with Gasteiger partial charge in [-0.05, 0) is 86.3 Å². The molecule has 218 valence electrons. The molecule has 1 saturated carbocycles. The number of hydrogen-bond donors (Lipinski definition) is 1. The van der Waals surface area contributed by atoms with Gasteiger partial charge in [-0.2, -0.15) is 0 Å². The third-order valence-corrected chi connectivity index (χ3v) is 9.40. The summed E-state index contributed by atoms with van der Waals surface area (Å²) in [5.74, 6) is -1.30. The summed E-state index contributed by atoms with van der Waals surface area (Å²) in [6, 6.07) is 17.4. The molecule has 2 amide bonds. The lowest BCUT2D eigenvalue weighted by atomic mass is 9.95. The minimum absolute atomic E-state index is 0.00101. The van der Waals surface area contributed by atoms with Gasteiger partial charge >= 0.3 is 0 Å². The van der Waals surface area contributed by atoms with Crippen molar-refractivity contribution in [3.05, 3.63) is 94.8 Å². The average molecular weight is 600 g/mol. The van der Waals surface area contributed by atoms with Crippen LogP contribution in [-0.4, -0.2) is 43.8 Å². The first-order valence-corrected chi connectivity index (χ1v) is 15.6. The highest BCUT2D eigenvalue weighted by atomic mass is 35.5. The van der Waals surface area contributed by atoms with Crippen molar-refractivity contribution in [3.8, 4) is 0 Å². The molecule has 0 saturated heterocycles. The fourth-order valence-electron chi connectivity index (χ4n) is 4.98. The first-order valence-electron chi connectivity index (χ1n) is 13.7. The molecular formula is C31H35ClFN3O4S. The van der Waals surface area contributed by atoms with E-state index in [2.05, 4.69) is 5.32 Å². The Morgan fingerprint density at radius 3 is 2.29 bits per heavy atom. The van der Waals surface area contributed by atoms with Gasteiger partial charge in [-0.15, -0.1) is 0 Å². The molecule has 1 N–H and O–H groups in total. The lowest BCUT2D eigenvalue weighted by molar-refractivity contribution is -0.139. The van der Waals surface area contributed by atoms with Crippen molar-refractivity contribution >= 4 is 39.1 Å². The molecule has 10 heteroatoms. The molecule has 0 bridgehead atoms. The second-order valence-electron chi connectivity index (χ2n) is 10.5. The Morgan fingerprint density at radius 1 is 1.00 bits per heavy atom. The Morgan fingerprint density at radius 2 is 1.66 bits per heavy atom. The van der Waals surface area contributed by atoms with Gasteiger partial charge < -0.3 is 10.2 Å². The zero-order chi connectivity index (χ0) is 29.6. The maximum atomic E-state index is 14.0. The number of carbonyl (C=O) groups excluding carboxylic acids is 2. The van der Waals surface area contributed by atoms with Crippen LogP contribution in [0.15, 0.2) is 77.7 Å². The first kappa shape index (κ1) is 30.5. The van der Waals surface area contributed by atoms with Crippen molar-refractivity contribution < 1.29 is 22.4 Å². The molecule has 1 aliphatic carbocycles. The van der Waals surface area contributed by atoms with Gasteiger partial charge in [-0.25, -0.2) is 12.8 Å². The molecule has 4 rings (SSSR count). The van der Waals surface area contributed by atoms with Gasteiger partial charge in [-0.3, -0.25) is 13.9 Å². The number of nitrogens with zero attached hydrogens (tertiary/aromatic N) is 2. The number of amides is 2. The Kier molecular flexibility index (Phi) is 10.0. The molecule has 0 radical (unpaired) electrons. The van der Waals surface area contributed by atoms with E-state index in [1.165, 1.54) is 41.3 Å². The predicted molar refractivity (Wildman–Crippen MR) is 159 cm³/mol. The SMILES string of the molecule is Cc1cccc(N(CC(=O)N(Cc2ccc(F)cc2)[C@@H](C)C(=O)NC2CCCCC2)S(=O)(=O)c2ccc(Cl)cc2)c1. The first-order chi connectivity index (χ1) is 19.5. The molecule has 0 heterocycles. The highest BCUT2D eigenvalue weighted by Gasteiger charge is 2.33. The van der Waals surface area contributed by atoms with E-state index in [9.17, 15) is 22.4 Å². The monoisotopic (exact) mass is 599 g/mol. The van der Waals surface area contributed by atoms with Crippen molar-refractivity contribution in [1.82, 2.24) is 10.2 Å². The average Bonchev–Trinajstić information content (AvgIpc) is 2.95. The van der Waals surface area contributed by atoms with Crippen LogP contribution in [0.2, 0.25) is 5.02 Å². The molecule has 0 unspecified atom stereocenters. The summed E-state index contributed by atoms with van der Waals surface area (Å²) in [7, 11) is -4.19. The third kappa shape index (κ3) is 7.86. The normalized spacial score (nSPS) is 14.7. The molecule has 7 nitrogen and oxygen atoms in total. The van der Waals surface area contributed by atoms with Crippen LogP contribution in [0.4, 0.5) is 10.1 Å². The van der Waals surface area contributed by atoms with Gasteiger partial charge in [0, 0.05) is 17.6 Å². The van der Waals surface area contributed by atoms with E-state index >= 15 is 0 Å². The Balaban J connectivity index is 1.67. The minimum atomic E-state index is -4.19. The van der Waals surface area contributed by atoms with Crippen LogP contribution in [0.25, 0.3) is 0 Å². The third-order valence-electron chi connectivity index (χ3n) is 7.36. The van der Waals surface area contributed by atoms with E-state index in [1.54, 1.807) is 37.3 Å². The summed E-state index contributed by atoms with van der Waals surface area (Å²) in [5.41, 5.74) is 1.74. The van der Waals surface area contributed by atoms with E-state index in [4.69, 9.17) is 11.6 Å². The van der Waals surface area contributed by atoms with Crippen LogP contribution >= 0.6 is 11.6 Å². The number of rotatable bonds is 10. The van der Waals surface area contributed by atoms with Crippen LogP contribution in [0.5, 0.6) is 0 Å². The maximum absolute atomic E-state index is 14.0. The zero-order valence-electron chi connectivity index (χ0n) is 23.2. The highest BCUT2D eigenvalue weighted by molar-refractivity contribution is 7.92. The Labute approximate surface area is 246 Å². The van der Waals surface area contributed by atoms with Gasteiger partial charge in [0.1, 0.15) is 18.4 Å². The molecule has 0 aromatic heterocycles. The smallest absolute Gasteiger partial charge is 0.264 e. The number of halogens is 2. The lowest BCUT2D eigenvalue weighted by Crippen LogP contribution is -2.53. The summed E-state index contributed by atoms with van der Waals surface area (Å²) in [5, 5.41) is 3.45. The fourth-order valence-corrected chi connectivity index (χ4v) is 6.52. The topological polar surface area (TPSA) is 86.8 Å². The number of anilines is 1. The number of aryl methyl sites for hydroxylation is 1. The van der Waals surface area contributed by atoms with Gasteiger partial charge in [0.05, 0.1) is 10.6 Å². The molecule has 0 spiro atoms. The van der Waals surface area contributed by atoms with Crippen LogP contribution in [0.3, 0.4) is 0 Å². The largest absolute Gasteiger partial charge is 0.352 e. The van der Waals surface area contributed by atoms with Gasteiger partial charge in [0.25, 0.3) is 10.0 Å². The summed E-state index contributed by atoms with van der Waals surface area (Å²) in [4.78, 5) is 28.7. The van der Waals surface area contributed by atoms with Crippen molar-refractivity contribution in [1.29, 1.82) is 0 Å². The molecule has 1 fully saturated rings. The molecule has 3 aromatic carbocycles. The summed E-state index contributed by atoms with van der Waals surface area (Å²) < 4.78 is 42.4. The number of hydrogen-bond acceptors (Lipinski definition) is 4.